The van der Waals surface area contributed by atoms with Crippen LogP contribution in [0, 0.1) is 11.3 Å². The minimum Gasteiger partial charge on any atom is -0.366 e. The average Bonchev–Trinajstić information content (AvgIpc) is 3.04. The van der Waals surface area contributed by atoms with Gasteiger partial charge in [0, 0.05) is 55.9 Å². The number of nitriles is 1. The summed E-state index contributed by atoms with van der Waals surface area (Å²) in [6.07, 6.45) is 4.68. The lowest BCUT2D eigenvalue weighted by molar-refractivity contribution is 0.272. The van der Waals surface area contributed by atoms with Gasteiger partial charge in [-0.1, -0.05) is 0 Å². The lowest BCUT2D eigenvalue weighted by atomic mass is 10.1. The van der Waals surface area contributed by atoms with Gasteiger partial charge in [0.2, 0.25) is 0 Å². The van der Waals surface area contributed by atoms with Crippen molar-refractivity contribution in [1.29, 1.82) is 5.26 Å². The second kappa shape index (κ2) is 6.79. The van der Waals surface area contributed by atoms with Gasteiger partial charge in [-0.05, 0) is 12.1 Å². The van der Waals surface area contributed by atoms with Gasteiger partial charge in [0.05, 0.1) is 23.2 Å². The van der Waals surface area contributed by atoms with Gasteiger partial charge in [0.25, 0.3) is 0 Å². The summed E-state index contributed by atoms with van der Waals surface area (Å²) in [5.41, 5.74) is 2.86. The molecule has 0 saturated carbocycles. The van der Waals surface area contributed by atoms with Crippen molar-refractivity contribution in [3.63, 3.8) is 0 Å². The molecule has 0 spiro atoms. The topological polar surface area (TPSA) is 106 Å². The molecule has 3 aromatic heterocycles. The van der Waals surface area contributed by atoms with Crippen molar-refractivity contribution in [2.75, 3.05) is 49.6 Å². The van der Waals surface area contributed by atoms with Crippen LogP contribution in [-0.2, 0) is 9.84 Å². The molecule has 3 aromatic rings. The molecule has 0 aliphatic carbocycles. The Morgan fingerprint density at radius 1 is 1.26 bits per heavy atom. The summed E-state index contributed by atoms with van der Waals surface area (Å²) in [6, 6.07) is 6.09. The molecule has 0 radical (unpaired) electrons. The highest BCUT2D eigenvalue weighted by Gasteiger charge is 2.24. The first-order chi connectivity index (χ1) is 13.0. The van der Waals surface area contributed by atoms with Crippen LogP contribution in [0.1, 0.15) is 5.69 Å². The number of piperazine rings is 1. The van der Waals surface area contributed by atoms with Gasteiger partial charge in [0.15, 0.2) is 5.69 Å². The van der Waals surface area contributed by atoms with Gasteiger partial charge in [0.1, 0.15) is 21.6 Å². The second-order valence-corrected chi connectivity index (χ2v) is 9.10. The number of nitrogens with one attached hydrogen (secondary N) is 1. The van der Waals surface area contributed by atoms with Gasteiger partial charge in [-0.15, -0.1) is 0 Å². The number of fused-ring (bicyclic) bond motifs is 3. The van der Waals surface area contributed by atoms with Crippen molar-refractivity contribution in [3.05, 3.63) is 30.2 Å². The Balaban J connectivity index is 1.67. The normalized spacial score (nSPS) is 16.1. The van der Waals surface area contributed by atoms with Crippen LogP contribution in [0.5, 0.6) is 0 Å². The number of hydrogen-bond donors (Lipinski definition) is 1. The predicted octanol–water partition coefficient (Wildman–Crippen LogP) is 1.15. The highest BCUT2D eigenvalue weighted by atomic mass is 32.2. The fourth-order valence-electron chi connectivity index (χ4n) is 3.58. The molecule has 8 nitrogen and oxygen atoms in total. The molecule has 1 aliphatic heterocycles. The van der Waals surface area contributed by atoms with Crippen molar-refractivity contribution < 1.29 is 8.42 Å². The fraction of sp³-hybridized carbons (Fsp3) is 0.389. The molecular formula is C18H20N6O2S. The summed E-state index contributed by atoms with van der Waals surface area (Å²) in [6.45, 7) is 3.46. The van der Waals surface area contributed by atoms with Gasteiger partial charge in [-0.3, -0.25) is 4.90 Å². The first kappa shape index (κ1) is 17.7. The molecule has 0 bridgehead atoms. The maximum atomic E-state index is 11.4. The number of pyridine rings is 2. The zero-order valence-corrected chi connectivity index (χ0v) is 15.8. The van der Waals surface area contributed by atoms with E-state index in [1.807, 2.05) is 12.1 Å². The van der Waals surface area contributed by atoms with Crippen molar-refractivity contribution in [2.45, 2.75) is 0 Å². The van der Waals surface area contributed by atoms with Gasteiger partial charge in [-0.2, -0.15) is 5.26 Å². The molecule has 27 heavy (non-hydrogen) atoms. The summed E-state index contributed by atoms with van der Waals surface area (Å²) >= 11 is 0. The molecule has 9 heteroatoms. The Bertz CT molecular complexity index is 1140. The smallest absolute Gasteiger partial charge is 0.164 e. The molecule has 140 valence electrons. The van der Waals surface area contributed by atoms with Crippen LogP contribution in [0.2, 0.25) is 0 Å². The average molecular weight is 384 g/mol. The molecule has 1 saturated heterocycles. The third kappa shape index (κ3) is 3.46. The van der Waals surface area contributed by atoms with Crippen LogP contribution in [0.25, 0.3) is 21.9 Å². The third-order valence-electron chi connectivity index (χ3n) is 4.96. The molecule has 4 heterocycles. The van der Waals surface area contributed by atoms with E-state index in [4.69, 9.17) is 0 Å². The Labute approximate surface area is 157 Å². The minimum absolute atomic E-state index is 0.168. The van der Waals surface area contributed by atoms with E-state index >= 15 is 0 Å². The molecular weight excluding hydrogens is 364 g/mol. The molecule has 0 unspecified atom stereocenters. The number of sulfone groups is 1. The van der Waals surface area contributed by atoms with E-state index in [9.17, 15) is 13.7 Å². The van der Waals surface area contributed by atoms with E-state index in [1.165, 1.54) is 6.26 Å². The molecule has 0 aromatic carbocycles. The van der Waals surface area contributed by atoms with Crippen molar-refractivity contribution >= 4 is 37.5 Å². The summed E-state index contributed by atoms with van der Waals surface area (Å²) < 4.78 is 22.8. The Morgan fingerprint density at radius 3 is 2.74 bits per heavy atom. The minimum atomic E-state index is -2.96. The van der Waals surface area contributed by atoms with Crippen molar-refractivity contribution in [2.24, 2.45) is 0 Å². The first-order valence-corrected chi connectivity index (χ1v) is 10.8. The van der Waals surface area contributed by atoms with Crippen molar-refractivity contribution in [3.8, 4) is 6.07 Å². The number of H-pyrrole nitrogens is 1. The lowest BCUT2D eigenvalue weighted by Crippen LogP contribution is -2.48. The molecule has 4 rings (SSSR count). The van der Waals surface area contributed by atoms with Gasteiger partial charge >= 0.3 is 0 Å². The SMILES string of the molecule is CS(=O)(=O)CCN1CCN(c2c(C#N)ncc3[nH]c4ncccc4c23)CC1. The van der Waals surface area contributed by atoms with Crippen LogP contribution in [0.3, 0.4) is 0 Å². The Morgan fingerprint density at radius 2 is 2.04 bits per heavy atom. The number of aromatic nitrogens is 3. The molecule has 1 aliphatic rings. The van der Waals surface area contributed by atoms with Crippen LogP contribution in [0.15, 0.2) is 24.5 Å². The number of rotatable bonds is 4. The predicted molar refractivity (Wildman–Crippen MR) is 104 cm³/mol. The quantitative estimate of drug-likeness (QED) is 0.719. The van der Waals surface area contributed by atoms with E-state index in [0.717, 1.165) is 40.7 Å². The first-order valence-electron chi connectivity index (χ1n) is 8.77. The highest BCUT2D eigenvalue weighted by molar-refractivity contribution is 7.90. The maximum absolute atomic E-state index is 11.4. The van der Waals surface area contributed by atoms with Crippen LogP contribution in [0.4, 0.5) is 5.69 Å². The largest absolute Gasteiger partial charge is 0.366 e. The molecule has 1 N–H and O–H groups in total. The van der Waals surface area contributed by atoms with Crippen molar-refractivity contribution in [1.82, 2.24) is 19.9 Å². The molecule has 1 fully saturated rings. The summed E-state index contributed by atoms with van der Waals surface area (Å²) in [5, 5.41) is 11.5. The maximum Gasteiger partial charge on any atom is 0.164 e. The highest BCUT2D eigenvalue weighted by Crippen LogP contribution is 2.35. The Kier molecular flexibility index (Phi) is 4.45. The monoisotopic (exact) mass is 384 g/mol. The second-order valence-electron chi connectivity index (χ2n) is 6.84. The lowest BCUT2D eigenvalue weighted by Gasteiger charge is -2.36. The van der Waals surface area contributed by atoms with E-state index in [0.29, 0.717) is 25.3 Å². The van der Waals surface area contributed by atoms with Gasteiger partial charge < -0.3 is 9.88 Å². The van der Waals surface area contributed by atoms with Crippen LogP contribution < -0.4 is 4.90 Å². The summed E-state index contributed by atoms with van der Waals surface area (Å²) in [5.74, 6) is 0.168. The number of hydrogen-bond acceptors (Lipinski definition) is 7. The molecule has 0 amide bonds. The molecule has 0 atom stereocenters. The zero-order chi connectivity index (χ0) is 19.0. The third-order valence-corrected chi connectivity index (χ3v) is 5.88. The zero-order valence-electron chi connectivity index (χ0n) is 15.0. The standard InChI is InChI=1S/C18H20N6O2S/c1-27(25,26)10-9-23-5-7-24(8-6-23)17-14(11-19)21-12-15-16(17)13-3-2-4-20-18(13)22-15/h2-4,12H,5-10H2,1H3,(H,20,22). The van der Waals surface area contributed by atoms with Crippen LogP contribution in [-0.4, -0.2) is 73.0 Å². The van der Waals surface area contributed by atoms with E-state index in [2.05, 4.69) is 30.8 Å². The fourth-order valence-corrected chi connectivity index (χ4v) is 4.17. The Hall–Kier alpha value is -2.70. The number of aromatic amines is 1. The summed E-state index contributed by atoms with van der Waals surface area (Å²) in [7, 11) is -2.96. The van der Waals surface area contributed by atoms with Gasteiger partial charge in [-0.25, -0.2) is 18.4 Å². The summed E-state index contributed by atoms with van der Waals surface area (Å²) in [4.78, 5) is 16.3. The number of anilines is 1. The van der Waals surface area contributed by atoms with E-state index < -0.39 is 9.84 Å². The number of nitrogens with zero attached hydrogens (tertiary/aromatic N) is 5. The van der Waals surface area contributed by atoms with Crippen LogP contribution >= 0.6 is 0 Å². The van der Waals surface area contributed by atoms with E-state index in [1.54, 1.807) is 12.4 Å². The van der Waals surface area contributed by atoms with E-state index in [-0.39, 0.29) is 5.75 Å².